The van der Waals surface area contributed by atoms with Crippen LogP contribution in [-0.4, -0.2) is 23.1 Å². The maximum absolute atomic E-state index is 5.59. The molecule has 1 saturated heterocycles. The summed E-state index contributed by atoms with van der Waals surface area (Å²) in [4.78, 5) is 11.1. The van der Waals surface area contributed by atoms with Gasteiger partial charge >= 0.3 is 0 Å². The van der Waals surface area contributed by atoms with Gasteiger partial charge in [0.15, 0.2) is 0 Å². The molecule has 1 atom stereocenters. The summed E-state index contributed by atoms with van der Waals surface area (Å²) in [6.07, 6.45) is 4.81. The van der Waals surface area contributed by atoms with Crippen LogP contribution in [0, 0.1) is 11.3 Å². The lowest BCUT2D eigenvalue weighted by molar-refractivity contribution is 0.263. The second-order valence-electron chi connectivity index (χ2n) is 5.87. The van der Waals surface area contributed by atoms with Crippen LogP contribution in [-0.2, 0) is 6.54 Å². The third-order valence-corrected chi connectivity index (χ3v) is 3.62. The maximum atomic E-state index is 5.59. The molecule has 0 aliphatic carbocycles. The van der Waals surface area contributed by atoms with Crippen LogP contribution in [0.3, 0.4) is 0 Å². The highest BCUT2D eigenvalue weighted by molar-refractivity contribution is 5.38. The second kappa shape index (κ2) is 4.61. The van der Waals surface area contributed by atoms with Crippen molar-refractivity contribution in [1.29, 1.82) is 0 Å². The van der Waals surface area contributed by atoms with E-state index in [1.807, 2.05) is 6.20 Å². The van der Waals surface area contributed by atoms with E-state index in [0.717, 1.165) is 30.5 Å². The number of rotatable bonds is 2. The molecule has 1 aliphatic heterocycles. The highest BCUT2D eigenvalue weighted by atomic mass is 15.2. The fourth-order valence-corrected chi connectivity index (χ4v) is 2.32. The van der Waals surface area contributed by atoms with Crippen LogP contribution in [0.2, 0.25) is 0 Å². The summed E-state index contributed by atoms with van der Waals surface area (Å²) in [7, 11) is 0. The van der Waals surface area contributed by atoms with Crippen molar-refractivity contribution in [3.05, 3.63) is 18.1 Å². The minimum atomic E-state index is 0.369. The number of aromatic nitrogens is 2. The maximum Gasteiger partial charge on any atom is 0.147 e. The average molecular weight is 234 g/mol. The Kier molecular flexibility index (Phi) is 3.33. The van der Waals surface area contributed by atoms with Crippen molar-refractivity contribution in [2.75, 3.05) is 18.0 Å². The standard InChI is InChI=1S/C13H22N4/c1-13(2,3)10-4-5-17(9-10)12-8-15-7-11(6-14)16-12/h7-8,10H,4-6,9,14H2,1-3H3. The molecule has 2 rings (SSSR count). The zero-order valence-corrected chi connectivity index (χ0v) is 11.0. The first-order valence-corrected chi connectivity index (χ1v) is 6.26. The Balaban J connectivity index is 2.09. The van der Waals surface area contributed by atoms with Crippen molar-refractivity contribution in [3.63, 3.8) is 0 Å². The molecule has 0 aromatic carbocycles. The van der Waals surface area contributed by atoms with Gasteiger partial charge in [0.25, 0.3) is 0 Å². The summed E-state index contributed by atoms with van der Waals surface area (Å²) in [5.41, 5.74) is 6.82. The molecule has 1 aliphatic rings. The minimum absolute atomic E-state index is 0.369. The van der Waals surface area contributed by atoms with Gasteiger partial charge in [-0.3, -0.25) is 4.98 Å². The molecule has 0 radical (unpaired) electrons. The van der Waals surface area contributed by atoms with Crippen molar-refractivity contribution in [2.24, 2.45) is 17.1 Å². The van der Waals surface area contributed by atoms with Crippen LogP contribution in [0.4, 0.5) is 5.82 Å². The van der Waals surface area contributed by atoms with E-state index in [2.05, 4.69) is 35.6 Å². The van der Waals surface area contributed by atoms with Crippen molar-refractivity contribution in [3.8, 4) is 0 Å². The van der Waals surface area contributed by atoms with Gasteiger partial charge in [-0.05, 0) is 17.8 Å². The van der Waals surface area contributed by atoms with Crippen LogP contribution in [0.1, 0.15) is 32.9 Å². The van der Waals surface area contributed by atoms with Gasteiger partial charge in [0.05, 0.1) is 11.9 Å². The fraction of sp³-hybridized carbons (Fsp3) is 0.692. The van der Waals surface area contributed by atoms with E-state index in [4.69, 9.17) is 5.73 Å². The van der Waals surface area contributed by atoms with Crippen LogP contribution in [0.15, 0.2) is 12.4 Å². The van der Waals surface area contributed by atoms with Gasteiger partial charge in [-0.1, -0.05) is 20.8 Å². The fourth-order valence-electron chi connectivity index (χ4n) is 2.32. The van der Waals surface area contributed by atoms with Crippen molar-refractivity contribution < 1.29 is 0 Å². The number of hydrogen-bond acceptors (Lipinski definition) is 4. The van der Waals surface area contributed by atoms with E-state index >= 15 is 0 Å². The molecule has 2 heterocycles. The number of anilines is 1. The third-order valence-electron chi connectivity index (χ3n) is 3.62. The van der Waals surface area contributed by atoms with E-state index in [1.165, 1.54) is 6.42 Å². The lowest BCUT2D eigenvalue weighted by Crippen LogP contribution is -2.26. The predicted octanol–water partition coefficient (Wildman–Crippen LogP) is 1.81. The topological polar surface area (TPSA) is 55.0 Å². The van der Waals surface area contributed by atoms with Gasteiger partial charge in [-0.15, -0.1) is 0 Å². The highest BCUT2D eigenvalue weighted by Crippen LogP contribution is 2.34. The zero-order valence-electron chi connectivity index (χ0n) is 11.0. The summed E-state index contributed by atoms with van der Waals surface area (Å²) in [5.74, 6) is 1.70. The molecule has 0 bridgehead atoms. The van der Waals surface area contributed by atoms with Gasteiger partial charge in [0.2, 0.25) is 0 Å². The molecular weight excluding hydrogens is 212 g/mol. The van der Waals surface area contributed by atoms with Gasteiger partial charge in [-0.2, -0.15) is 0 Å². The summed E-state index contributed by atoms with van der Waals surface area (Å²) in [5, 5.41) is 0. The molecule has 0 amide bonds. The SMILES string of the molecule is CC(C)(C)C1CCN(c2cncc(CN)n2)C1. The van der Waals surface area contributed by atoms with Gasteiger partial charge in [0.1, 0.15) is 5.82 Å². The van der Waals surface area contributed by atoms with Gasteiger partial charge in [-0.25, -0.2) is 4.98 Å². The van der Waals surface area contributed by atoms with Gasteiger partial charge < -0.3 is 10.6 Å². The Morgan fingerprint density at radius 2 is 2.18 bits per heavy atom. The molecule has 94 valence electrons. The quantitative estimate of drug-likeness (QED) is 0.848. The molecule has 1 unspecified atom stereocenters. The largest absolute Gasteiger partial charge is 0.355 e. The molecule has 1 aromatic rings. The molecule has 4 heteroatoms. The van der Waals surface area contributed by atoms with Crippen LogP contribution >= 0.6 is 0 Å². The van der Waals surface area contributed by atoms with E-state index in [9.17, 15) is 0 Å². The second-order valence-corrected chi connectivity index (χ2v) is 5.87. The molecule has 4 nitrogen and oxygen atoms in total. The van der Waals surface area contributed by atoms with Crippen LogP contribution in [0.5, 0.6) is 0 Å². The molecule has 0 spiro atoms. The first-order valence-electron chi connectivity index (χ1n) is 6.26. The zero-order chi connectivity index (χ0) is 12.5. The Hall–Kier alpha value is -1.16. The Labute approximate surface area is 103 Å². The van der Waals surface area contributed by atoms with Crippen molar-refractivity contribution in [2.45, 2.75) is 33.7 Å². The summed E-state index contributed by atoms with van der Waals surface area (Å²) in [6.45, 7) is 9.53. The molecule has 2 N–H and O–H groups in total. The van der Waals surface area contributed by atoms with E-state index in [1.54, 1.807) is 6.20 Å². The van der Waals surface area contributed by atoms with Crippen LogP contribution < -0.4 is 10.6 Å². The van der Waals surface area contributed by atoms with E-state index in [-0.39, 0.29) is 0 Å². The summed E-state index contributed by atoms with van der Waals surface area (Å²) in [6, 6.07) is 0. The van der Waals surface area contributed by atoms with Crippen molar-refractivity contribution >= 4 is 5.82 Å². The Bertz CT molecular complexity index is 383. The highest BCUT2D eigenvalue weighted by Gasteiger charge is 2.32. The molecular formula is C13H22N4. The van der Waals surface area contributed by atoms with Gasteiger partial charge in [0, 0.05) is 25.8 Å². The molecule has 1 fully saturated rings. The monoisotopic (exact) mass is 234 g/mol. The minimum Gasteiger partial charge on any atom is -0.355 e. The first kappa shape index (κ1) is 12.3. The number of hydrogen-bond donors (Lipinski definition) is 1. The molecule has 1 aromatic heterocycles. The normalized spacial score (nSPS) is 20.9. The first-order chi connectivity index (χ1) is 8.00. The smallest absolute Gasteiger partial charge is 0.147 e. The number of nitrogens with zero attached hydrogens (tertiary/aromatic N) is 3. The molecule has 0 saturated carbocycles. The Morgan fingerprint density at radius 1 is 1.41 bits per heavy atom. The Morgan fingerprint density at radius 3 is 2.76 bits per heavy atom. The number of nitrogens with two attached hydrogens (primary N) is 1. The molecule has 17 heavy (non-hydrogen) atoms. The lowest BCUT2D eigenvalue weighted by atomic mass is 9.80. The van der Waals surface area contributed by atoms with E-state index < -0.39 is 0 Å². The van der Waals surface area contributed by atoms with E-state index in [0.29, 0.717) is 12.0 Å². The van der Waals surface area contributed by atoms with Crippen LogP contribution in [0.25, 0.3) is 0 Å². The average Bonchev–Trinajstić information content (AvgIpc) is 2.78. The van der Waals surface area contributed by atoms with Crippen molar-refractivity contribution in [1.82, 2.24) is 9.97 Å². The summed E-state index contributed by atoms with van der Waals surface area (Å²) < 4.78 is 0. The predicted molar refractivity (Wildman–Crippen MR) is 69.7 cm³/mol. The third kappa shape index (κ3) is 2.75. The lowest BCUT2D eigenvalue weighted by Gasteiger charge is -2.27. The summed E-state index contributed by atoms with van der Waals surface area (Å²) >= 11 is 0.